The number of carbonyl (C=O) groups excluding carboxylic acids is 3. The van der Waals surface area contributed by atoms with Gasteiger partial charge in [0.1, 0.15) is 23.5 Å². The maximum absolute atomic E-state index is 16.4. The van der Waals surface area contributed by atoms with E-state index in [1.165, 1.54) is 11.9 Å². The van der Waals surface area contributed by atoms with Crippen molar-refractivity contribution in [2.45, 2.75) is 89.6 Å². The summed E-state index contributed by atoms with van der Waals surface area (Å²) in [5.41, 5.74) is 6.06. The van der Waals surface area contributed by atoms with Crippen LogP contribution in [0.3, 0.4) is 0 Å². The summed E-state index contributed by atoms with van der Waals surface area (Å²) >= 11 is 0. The first-order valence-electron chi connectivity index (χ1n) is 21.0. The molecule has 3 aliphatic rings. The van der Waals surface area contributed by atoms with Crippen LogP contribution in [0.5, 0.6) is 5.75 Å². The highest BCUT2D eigenvalue weighted by Gasteiger charge is 2.37. The van der Waals surface area contributed by atoms with Gasteiger partial charge in [-0.25, -0.2) is 14.4 Å². The fourth-order valence-corrected chi connectivity index (χ4v) is 9.17. The molecule has 5 heterocycles. The molecule has 3 fully saturated rings. The first-order valence-corrected chi connectivity index (χ1v) is 21.0. The van der Waals surface area contributed by atoms with Crippen LogP contribution in [0, 0.1) is 12.7 Å². The first-order chi connectivity index (χ1) is 29.3. The molecular weight excluding hydrogens is 778 g/mol. The molecule has 1 aliphatic carbocycles. The lowest BCUT2D eigenvalue weighted by molar-refractivity contribution is -0.134. The minimum Gasteiger partial charge on any atom is -0.495 e. The molecule has 61 heavy (non-hydrogen) atoms. The summed E-state index contributed by atoms with van der Waals surface area (Å²) in [6.07, 6.45) is 4.58. The van der Waals surface area contributed by atoms with Crippen molar-refractivity contribution >= 4 is 45.3 Å². The number of piperidine rings is 1. The van der Waals surface area contributed by atoms with Crippen molar-refractivity contribution in [2.24, 2.45) is 0 Å². The maximum Gasteiger partial charge on any atom is 0.293 e. The van der Waals surface area contributed by atoms with Crippen molar-refractivity contribution in [1.29, 1.82) is 0 Å². The fraction of sp³-hybridized carbons (Fsp3) is 0.413. The molecule has 3 amide bonds. The lowest BCUT2D eigenvalue weighted by Gasteiger charge is -2.47. The third-order valence-corrected chi connectivity index (χ3v) is 12.8. The van der Waals surface area contributed by atoms with E-state index >= 15 is 4.39 Å². The van der Waals surface area contributed by atoms with Gasteiger partial charge in [0.2, 0.25) is 17.7 Å². The summed E-state index contributed by atoms with van der Waals surface area (Å²) in [6, 6.07) is 16.0. The number of nitrogens with one attached hydrogen (secondary N) is 3. The van der Waals surface area contributed by atoms with Crippen LogP contribution in [0.2, 0.25) is 0 Å². The van der Waals surface area contributed by atoms with Crippen molar-refractivity contribution in [1.82, 2.24) is 40.6 Å². The van der Waals surface area contributed by atoms with Gasteiger partial charge in [-0.05, 0) is 79.5 Å². The monoisotopic (exact) mass is 827 g/mol. The summed E-state index contributed by atoms with van der Waals surface area (Å²) in [4.78, 5) is 58.7. The quantitative estimate of drug-likeness (QED) is 0.128. The zero-order valence-electron chi connectivity index (χ0n) is 35.3. The van der Waals surface area contributed by atoms with Gasteiger partial charge in [-0.3, -0.25) is 24.6 Å². The zero-order valence-corrected chi connectivity index (χ0v) is 35.3. The van der Waals surface area contributed by atoms with Crippen molar-refractivity contribution in [2.75, 3.05) is 38.2 Å². The van der Waals surface area contributed by atoms with Gasteiger partial charge >= 0.3 is 0 Å². The summed E-state index contributed by atoms with van der Waals surface area (Å²) in [7, 11) is 1.67. The largest absolute Gasteiger partial charge is 0.495 e. The number of amides is 3. The predicted octanol–water partition coefficient (Wildman–Crippen LogP) is 6.99. The number of piperazine rings is 1. The number of benzene rings is 3. The van der Waals surface area contributed by atoms with Gasteiger partial charge in [0.05, 0.1) is 41.4 Å². The minimum absolute atomic E-state index is 0.0762. The highest BCUT2D eigenvalue weighted by molar-refractivity contribution is 6.13. The van der Waals surface area contributed by atoms with E-state index in [2.05, 4.69) is 75.9 Å². The van der Waals surface area contributed by atoms with Gasteiger partial charge in [-0.2, -0.15) is 4.98 Å². The number of anilines is 1. The Kier molecular flexibility index (Phi) is 10.3. The van der Waals surface area contributed by atoms with Gasteiger partial charge < -0.3 is 24.5 Å². The van der Waals surface area contributed by atoms with Crippen LogP contribution >= 0.6 is 0 Å². The van der Waals surface area contributed by atoms with E-state index in [1.807, 2.05) is 32.9 Å². The fourth-order valence-electron chi connectivity index (χ4n) is 9.17. The SMILES string of the molecule is COc1cc2c(cc1N1CCN(C3CC(c4ccc([C@H]5CCC(=O)NC5=O)cc4)C3)CC1)[nH]c1ncnc(-c3ccc([C@@H](C)NC(=O)c4noc(C(C)(C)C)n4)c(C)c3F)c12. The van der Waals surface area contributed by atoms with E-state index in [-0.39, 0.29) is 23.6 Å². The normalized spacial score (nSPS) is 20.4. The molecule has 2 aliphatic heterocycles. The minimum atomic E-state index is -0.542. The highest BCUT2D eigenvalue weighted by Crippen LogP contribution is 2.43. The number of hydrogen-bond acceptors (Lipinski definition) is 11. The zero-order chi connectivity index (χ0) is 42.7. The van der Waals surface area contributed by atoms with E-state index in [4.69, 9.17) is 9.26 Å². The van der Waals surface area contributed by atoms with Gasteiger partial charge in [0, 0.05) is 55.0 Å². The number of imide groups is 1. The third kappa shape index (κ3) is 7.49. The van der Waals surface area contributed by atoms with E-state index in [0.717, 1.165) is 61.2 Å². The Labute approximate surface area is 352 Å². The maximum atomic E-state index is 16.4. The number of halogens is 1. The lowest BCUT2D eigenvalue weighted by Crippen LogP contribution is -2.53. The second-order valence-corrected chi connectivity index (χ2v) is 17.7. The average molecular weight is 828 g/mol. The number of ether oxygens (including phenoxy) is 1. The first kappa shape index (κ1) is 40.2. The number of aromatic amines is 1. The summed E-state index contributed by atoms with van der Waals surface area (Å²) < 4.78 is 27.7. The molecule has 2 atom stereocenters. The van der Waals surface area contributed by atoms with Crippen molar-refractivity contribution in [3.63, 3.8) is 0 Å². The molecular formula is C46H50FN9O5. The molecule has 9 rings (SSSR count). The number of rotatable bonds is 9. The Bertz CT molecular complexity index is 2670. The van der Waals surface area contributed by atoms with Crippen LogP contribution in [-0.2, 0) is 15.0 Å². The molecule has 3 aromatic heterocycles. The molecule has 14 nitrogen and oxygen atoms in total. The molecule has 0 radical (unpaired) electrons. The lowest BCUT2D eigenvalue weighted by atomic mass is 9.74. The number of aromatic nitrogens is 5. The van der Waals surface area contributed by atoms with Crippen molar-refractivity contribution in [3.05, 3.63) is 94.6 Å². The molecule has 1 saturated carbocycles. The van der Waals surface area contributed by atoms with Crippen LogP contribution in [0.25, 0.3) is 33.2 Å². The van der Waals surface area contributed by atoms with Crippen LogP contribution in [0.4, 0.5) is 10.1 Å². The van der Waals surface area contributed by atoms with Crippen LogP contribution in [0.15, 0.2) is 59.4 Å². The molecule has 3 N–H and O–H groups in total. The number of hydrogen-bond donors (Lipinski definition) is 3. The summed E-state index contributed by atoms with van der Waals surface area (Å²) in [5, 5.41) is 10.7. The molecule has 0 unspecified atom stereocenters. The molecule has 15 heteroatoms. The smallest absolute Gasteiger partial charge is 0.293 e. The molecule has 2 saturated heterocycles. The molecule has 6 aromatic rings. The summed E-state index contributed by atoms with van der Waals surface area (Å²) in [6.45, 7) is 12.8. The summed E-state index contributed by atoms with van der Waals surface area (Å²) in [5.74, 6) is -0.116. The Hall–Kier alpha value is -6.22. The Morgan fingerprint density at radius 1 is 1.02 bits per heavy atom. The van der Waals surface area contributed by atoms with Gasteiger partial charge in [-0.1, -0.05) is 56.3 Å². The van der Waals surface area contributed by atoms with Crippen molar-refractivity contribution in [3.8, 4) is 17.0 Å². The van der Waals surface area contributed by atoms with Crippen molar-refractivity contribution < 1.29 is 28.0 Å². The third-order valence-electron chi connectivity index (χ3n) is 12.8. The van der Waals surface area contributed by atoms with Crippen LogP contribution in [0.1, 0.15) is 110 Å². The van der Waals surface area contributed by atoms with Gasteiger partial charge in [-0.15, -0.1) is 0 Å². The second kappa shape index (κ2) is 15.7. The second-order valence-electron chi connectivity index (χ2n) is 17.7. The Morgan fingerprint density at radius 2 is 1.75 bits per heavy atom. The predicted molar refractivity (Wildman–Crippen MR) is 228 cm³/mol. The van der Waals surface area contributed by atoms with Gasteiger partial charge in [0.15, 0.2) is 0 Å². The van der Waals surface area contributed by atoms with E-state index in [1.54, 1.807) is 27.0 Å². The number of methoxy groups -OCH3 is 1. The Morgan fingerprint density at radius 3 is 2.44 bits per heavy atom. The van der Waals surface area contributed by atoms with E-state index < -0.39 is 23.2 Å². The standard InChI is InChI=1S/C46H50FN9O5/c1-24-30(25(2)50-44(59)42-53-45(61-54-42)46(3,4)5)11-12-32(39(24)47)40-38-33-21-36(60-6)35(22-34(33)51-41(38)49-23-48-40)56-17-15-55(16-18-56)29-19-28(20-29)26-7-9-27(10-8-26)31-13-14-37(57)52-43(31)58/h7-12,21-23,25,28-29,31H,13-20H2,1-6H3,(H,50,59)(H,48,49,51)(H,52,57,58)/t25-,28?,29?,31-/m1/s1. The number of H-pyrrole nitrogens is 1. The number of carbonyl (C=O) groups is 3. The Balaban J connectivity index is 0.878. The molecule has 3 aromatic carbocycles. The molecule has 0 spiro atoms. The van der Waals surface area contributed by atoms with Crippen LogP contribution < -0.4 is 20.3 Å². The highest BCUT2D eigenvalue weighted by atomic mass is 19.1. The van der Waals surface area contributed by atoms with Crippen LogP contribution in [-0.4, -0.2) is 87.0 Å². The average Bonchev–Trinajstić information content (AvgIpc) is 3.88. The topological polar surface area (TPSA) is 171 Å². The number of nitrogens with zero attached hydrogens (tertiary/aromatic N) is 6. The van der Waals surface area contributed by atoms with Gasteiger partial charge in [0.25, 0.3) is 11.7 Å². The van der Waals surface area contributed by atoms with E-state index in [0.29, 0.717) is 69.9 Å². The molecule has 0 bridgehead atoms. The van der Waals surface area contributed by atoms with E-state index in [9.17, 15) is 14.4 Å². The molecule has 316 valence electrons. The number of fused-ring (bicyclic) bond motifs is 3.